The maximum absolute atomic E-state index is 11.8. The summed E-state index contributed by atoms with van der Waals surface area (Å²) < 4.78 is 5.07. The average molecular weight is 396 g/mol. The van der Waals surface area contributed by atoms with E-state index in [1.165, 1.54) is 5.01 Å². The first-order valence-corrected chi connectivity index (χ1v) is 10.8. The van der Waals surface area contributed by atoms with Crippen molar-refractivity contribution in [2.75, 3.05) is 32.8 Å². The number of likely N-dealkylation sites (tertiary alicyclic amines) is 1. The lowest BCUT2D eigenvalue weighted by molar-refractivity contribution is 0.0963. The number of ether oxygens (including phenoxy) is 1. The van der Waals surface area contributed by atoms with Gasteiger partial charge in [0, 0.05) is 49.9 Å². The maximum Gasteiger partial charge on any atom is 0.409 e. The van der Waals surface area contributed by atoms with Crippen LogP contribution in [0.1, 0.15) is 57.2 Å². The molecular formula is C19H33N5O2S. The van der Waals surface area contributed by atoms with Crippen LogP contribution in [-0.4, -0.2) is 60.8 Å². The Balaban J connectivity index is 1.80. The maximum atomic E-state index is 11.8. The summed E-state index contributed by atoms with van der Waals surface area (Å²) in [6, 6.07) is 0.320. The number of aliphatic imine (C=N–C) groups is 1. The van der Waals surface area contributed by atoms with Gasteiger partial charge in [0.2, 0.25) is 0 Å². The molecule has 1 saturated heterocycles. The van der Waals surface area contributed by atoms with Crippen LogP contribution >= 0.6 is 11.3 Å². The topological polar surface area (TPSA) is 78.9 Å². The van der Waals surface area contributed by atoms with Gasteiger partial charge in [-0.05, 0) is 26.7 Å². The van der Waals surface area contributed by atoms with E-state index in [2.05, 4.69) is 41.8 Å². The first-order valence-electron chi connectivity index (χ1n) is 9.94. The molecule has 2 N–H and O–H groups in total. The molecule has 1 fully saturated rings. The SMILES string of the molecule is CCNC(=NCCc1csc(C(C)C)n1)NC1CCN(C(=O)OCC)CC1. The van der Waals surface area contributed by atoms with Crippen LogP contribution in [0.15, 0.2) is 10.4 Å². The molecule has 152 valence electrons. The summed E-state index contributed by atoms with van der Waals surface area (Å²) in [7, 11) is 0. The molecule has 0 spiro atoms. The molecule has 0 unspecified atom stereocenters. The van der Waals surface area contributed by atoms with Gasteiger partial charge in [0.05, 0.1) is 17.3 Å². The lowest BCUT2D eigenvalue weighted by Crippen LogP contribution is -2.50. The zero-order chi connectivity index (χ0) is 19.6. The van der Waals surface area contributed by atoms with E-state index in [1.54, 1.807) is 16.2 Å². The summed E-state index contributed by atoms with van der Waals surface area (Å²) in [6.07, 6.45) is 2.43. The van der Waals surface area contributed by atoms with Gasteiger partial charge in [0.25, 0.3) is 0 Å². The van der Waals surface area contributed by atoms with Gasteiger partial charge in [-0.3, -0.25) is 4.99 Å². The number of nitrogens with one attached hydrogen (secondary N) is 2. The summed E-state index contributed by atoms with van der Waals surface area (Å²) in [4.78, 5) is 22.9. The van der Waals surface area contributed by atoms with E-state index in [-0.39, 0.29) is 6.09 Å². The van der Waals surface area contributed by atoms with Crippen molar-refractivity contribution in [3.63, 3.8) is 0 Å². The van der Waals surface area contributed by atoms with Crippen LogP contribution in [0.5, 0.6) is 0 Å². The highest BCUT2D eigenvalue weighted by molar-refractivity contribution is 7.09. The van der Waals surface area contributed by atoms with Gasteiger partial charge >= 0.3 is 6.09 Å². The van der Waals surface area contributed by atoms with Crippen molar-refractivity contribution in [3.8, 4) is 0 Å². The predicted octanol–water partition coefficient (Wildman–Crippen LogP) is 2.99. The fraction of sp³-hybridized carbons (Fsp3) is 0.737. The van der Waals surface area contributed by atoms with Crippen molar-refractivity contribution >= 4 is 23.4 Å². The standard InChI is InChI=1S/C19H33N5O2S/c1-5-20-18(21-10-7-16-13-27-17(22-16)14(3)4)23-15-8-11-24(12-9-15)19(25)26-6-2/h13-15H,5-12H2,1-4H3,(H2,20,21,23). The third kappa shape index (κ3) is 7.01. The number of nitrogens with zero attached hydrogens (tertiary/aromatic N) is 3. The van der Waals surface area contributed by atoms with Crippen molar-refractivity contribution < 1.29 is 9.53 Å². The van der Waals surface area contributed by atoms with E-state index in [0.717, 1.165) is 37.5 Å². The van der Waals surface area contributed by atoms with Crippen LogP contribution in [0.2, 0.25) is 0 Å². The van der Waals surface area contributed by atoms with Crippen LogP contribution < -0.4 is 10.6 Å². The van der Waals surface area contributed by atoms with Crippen LogP contribution in [0, 0.1) is 0 Å². The van der Waals surface area contributed by atoms with Crippen molar-refractivity contribution in [1.82, 2.24) is 20.5 Å². The van der Waals surface area contributed by atoms with E-state index in [1.807, 2.05) is 6.92 Å². The number of aromatic nitrogens is 1. The third-order valence-electron chi connectivity index (χ3n) is 4.41. The molecule has 2 rings (SSSR count). The minimum atomic E-state index is -0.208. The lowest BCUT2D eigenvalue weighted by atomic mass is 10.1. The second-order valence-corrected chi connectivity index (χ2v) is 7.84. The highest BCUT2D eigenvalue weighted by Gasteiger charge is 2.24. The number of carbonyl (C=O) groups excluding carboxylic acids is 1. The molecule has 1 amide bonds. The number of hydrogen-bond donors (Lipinski definition) is 2. The molecule has 1 aliphatic heterocycles. The molecule has 8 heteroatoms. The first kappa shape index (κ1) is 21.5. The molecule has 0 saturated carbocycles. The molecule has 27 heavy (non-hydrogen) atoms. The molecule has 0 atom stereocenters. The minimum absolute atomic E-state index is 0.208. The molecule has 0 aliphatic carbocycles. The molecule has 0 radical (unpaired) electrons. The van der Waals surface area contributed by atoms with Gasteiger partial charge in [-0.1, -0.05) is 13.8 Å². The second kappa shape index (κ2) is 11.1. The average Bonchev–Trinajstić information content (AvgIpc) is 3.12. The largest absolute Gasteiger partial charge is 0.450 e. The van der Waals surface area contributed by atoms with Gasteiger partial charge in [-0.2, -0.15) is 0 Å². The third-order valence-corrected chi connectivity index (χ3v) is 5.60. The molecule has 1 aliphatic rings. The van der Waals surface area contributed by atoms with Crippen LogP contribution in [0.3, 0.4) is 0 Å². The highest BCUT2D eigenvalue weighted by atomic mass is 32.1. The number of amides is 1. The lowest BCUT2D eigenvalue weighted by Gasteiger charge is -2.32. The van der Waals surface area contributed by atoms with Crippen molar-refractivity contribution in [2.45, 2.75) is 58.9 Å². The first-order chi connectivity index (χ1) is 13.0. The Labute approximate surface area is 166 Å². The number of hydrogen-bond acceptors (Lipinski definition) is 5. The Morgan fingerprint density at radius 3 is 2.74 bits per heavy atom. The van der Waals surface area contributed by atoms with Gasteiger partial charge < -0.3 is 20.3 Å². The Morgan fingerprint density at radius 2 is 2.15 bits per heavy atom. The van der Waals surface area contributed by atoms with Crippen LogP contribution in [-0.2, 0) is 11.2 Å². The Kier molecular flexibility index (Phi) is 8.84. The summed E-state index contributed by atoms with van der Waals surface area (Å²) in [5.74, 6) is 1.32. The normalized spacial score (nSPS) is 15.9. The summed E-state index contributed by atoms with van der Waals surface area (Å²) >= 11 is 1.73. The predicted molar refractivity (Wildman–Crippen MR) is 111 cm³/mol. The number of guanidine groups is 1. The second-order valence-electron chi connectivity index (χ2n) is 6.95. The fourth-order valence-electron chi connectivity index (χ4n) is 2.92. The highest BCUT2D eigenvalue weighted by Crippen LogP contribution is 2.19. The fourth-order valence-corrected chi connectivity index (χ4v) is 3.79. The monoisotopic (exact) mass is 395 g/mol. The van der Waals surface area contributed by atoms with E-state index < -0.39 is 0 Å². The zero-order valence-electron chi connectivity index (χ0n) is 17.0. The molecule has 1 aromatic heterocycles. The Bertz CT molecular complexity index is 609. The number of thiazole rings is 1. The van der Waals surface area contributed by atoms with Gasteiger partial charge in [-0.25, -0.2) is 9.78 Å². The summed E-state index contributed by atoms with van der Waals surface area (Å²) in [6.45, 7) is 11.6. The number of rotatable bonds is 7. The number of carbonyl (C=O) groups is 1. The zero-order valence-corrected chi connectivity index (χ0v) is 17.8. The van der Waals surface area contributed by atoms with Gasteiger partial charge in [0.15, 0.2) is 5.96 Å². The summed E-state index contributed by atoms with van der Waals surface area (Å²) in [5.41, 5.74) is 1.12. The number of piperidine rings is 1. The van der Waals surface area contributed by atoms with E-state index >= 15 is 0 Å². The van der Waals surface area contributed by atoms with Crippen molar-refractivity contribution in [2.24, 2.45) is 4.99 Å². The molecule has 7 nitrogen and oxygen atoms in total. The van der Waals surface area contributed by atoms with Gasteiger partial charge in [-0.15, -0.1) is 11.3 Å². The Morgan fingerprint density at radius 1 is 1.41 bits per heavy atom. The van der Waals surface area contributed by atoms with Gasteiger partial charge in [0.1, 0.15) is 0 Å². The molecular weight excluding hydrogens is 362 g/mol. The van der Waals surface area contributed by atoms with E-state index in [9.17, 15) is 4.79 Å². The molecule has 2 heterocycles. The molecule has 0 aromatic carbocycles. The summed E-state index contributed by atoms with van der Waals surface area (Å²) in [5, 5.41) is 10.1. The van der Waals surface area contributed by atoms with Crippen molar-refractivity contribution in [3.05, 3.63) is 16.1 Å². The molecule has 0 bridgehead atoms. The minimum Gasteiger partial charge on any atom is -0.450 e. The van der Waals surface area contributed by atoms with E-state index in [4.69, 9.17) is 9.73 Å². The quantitative estimate of drug-likeness (QED) is 0.548. The van der Waals surface area contributed by atoms with Crippen LogP contribution in [0.4, 0.5) is 4.79 Å². The van der Waals surface area contributed by atoms with Crippen molar-refractivity contribution in [1.29, 1.82) is 0 Å². The Hall–Kier alpha value is -1.83. The van der Waals surface area contributed by atoms with Crippen LogP contribution in [0.25, 0.3) is 0 Å². The van der Waals surface area contributed by atoms with E-state index in [0.29, 0.717) is 38.2 Å². The smallest absolute Gasteiger partial charge is 0.409 e. The molecule has 1 aromatic rings.